The van der Waals surface area contributed by atoms with E-state index in [2.05, 4.69) is 10.0 Å². The Kier molecular flexibility index (Phi) is 9.20. The van der Waals surface area contributed by atoms with Crippen molar-refractivity contribution in [1.29, 1.82) is 0 Å². The number of carbonyl (C=O) groups is 2. The van der Waals surface area contributed by atoms with E-state index in [0.29, 0.717) is 25.9 Å². The molecule has 9 heteroatoms. The zero-order chi connectivity index (χ0) is 24.6. The van der Waals surface area contributed by atoms with E-state index in [1.54, 1.807) is 36.1 Å². The number of aryl methyl sites for hydroxylation is 1. The highest BCUT2D eigenvalue weighted by Gasteiger charge is 2.28. The first-order chi connectivity index (χ1) is 16.3. The van der Waals surface area contributed by atoms with Gasteiger partial charge in [0, 0.05) is 32.2 Å². The summed E-state index contributed by atoms with van der Waals surface area (Å²) in [4.78, 5) is 27.5. The Balaban J connectivity index is 1.64. The molecule has 0 aromatic heterocycles. The van der Waals surface area contributed by atoms with Crippen LogP contribution in [0.15, 0.2) is 59.5 Å². The first-order valence-corrected chi connectivity index (χ1v) is 13.1. The van der Waals surface area contributed by atoms with Gasteiger partial charge in [0.1, 0.15) is 6.04 Å². The Bertz CT molecular complexity index is 1050. The maximum Gasteiger partial charge on any atom is 0.242 e. The van der Waals surface area contributed by atoms with Gasteiger partial charge in [-0.15, -0.1) is 0 Å². The van der Waals surface area contributed by atoms with Crippen LogP contribution >= 0.6 is 0 Å². The quantitative estimate of drug-likeness (QED) is 0.374. The zero-order valence-corrected chi connectivity index (χ0v) is 20.3. The maximum atomic E-state index is 13.2. The summed E-state index contributed by atoms with van der Waals surface area (Å²) in [5, 5.41) is 11.7. The Hall–Kier alpha value is -2.75. The van der Waals surface area contributed by atoms with Crippen LogP contribution in [0.4, 0.5) is 0 Å². The van der Waals surface area contributed by atoms with Gasteiger partial charge in [0.25, 0.3) is 0 Å². The number of hydrogen-bond donors (Lipinski definition) is 3. The second-order valence-electron chi connectivity index (χ2n) is 8.59. The van der Waals surface area contributed by atoms with Crippen LogP contribution in [-0.2, 0) is 32.6 Å². The third-order valence-corrected chi connectivity index (χ3v) is 7.29. The van der Waals surface area contributed by atoms with Gasteiger partial charge in [-0.2, -0.15) is 0 Å². The number of amides is 2. The molecule has 2 aromatic carbocycles. The van der Waals surface area contributed by atoms with Crippen LogP contribution in [-0.4, -0.2) is 55.5 Å². The SMILES string of the molecule is C[C@H](C(=O)NCCCO)N(Cc1ccccc1)C(=O)CCc1ccc(S(=O)(=O)NC2CC2)cc1. The molecule has 1 aliphatic carbocycles. The van der Waals surface area contributed by atoms with E-state index < -0.39 is 16.1 Å². The Labute approximate surface area is 201 Å². The van der Waals surface area contributed by atoms with Gasteiger partial charge in [-0.25, -0.2) is 13.1 Å². The number of carbonyl (C=O) groups excluding carboxylic acids is 2. The number of aliphatic hydroxyl groups excluding tert-OH is 1. The Morgan fingerprint density at radius 2 is 1.74 bits per heavy atom. The number of rotatable bonds is 13. The maximum absolute atomic E-state index is 13.2. The van der Waals surface area contributed by atoms with Crippen molar-refractivity contribution in [3.05, 3.63) is 65.7 Å². The predicted octanol–water partition coefficient (Wildman–Crippen LogP) is 1.98. The van der Waals surface area contributed by atoms with Crippen LogP contribution in [0.3, 0.4) is 0 Å². The number of hydrogen-bond acceptors (Lipinski definition) is 5. The van der Waals surface area contributed by atoms with Crippen LogP contribution in [0, 0.1) is 0 Å². The van der Waals surface area contributed by atoms with Gasteiger partial charge in [-0.3, -0.25) is 9.59 Å². The van der Waals surface area contributed by atoms with Gasteiger partial charge in [-0.05, 0) is 55.9 Å². The van der Waals surface area contributed by atoms with Crippen molar-refractivity contribution in [1.82, 2.24) is 14.9 Å². The van der Waals surface area contributed by atoms with Gasteiger partial charge in [-0.1, -0.05) is 42.5 Å². The van der Waals surface area contributed by atoms with Crippen LogP contribution in [0.5, 0.6) is 0 Å². The molecular weight excluding hydrogens is 454 g/mol. The van der Waals surface area contributed by atoms with Gasteiger partial charge < -0.3 is 15.3 Å². The Morgan fingerprint density at radius 1 is 1.06 bits per heavy atom. The summed E-state index contributed by atoms with van der Waals surface area (Å²) < 4.78 is 27.3. The van der Waals surface area contributed by atoms with E-state index in [0.717, 1.165) is 24.0 Å². The van der Waals surface area contributed by atoms with Crippen molar-refractivity contribution in [2.75, 3.05) is 13.2 Å². The average molecular weight is 488 g/mol. The van der Waals surface area contributed by atoms with Crippen LogP contribution in [0.25, 0.3) is 0 Å². The fourth-order valence-corrected chi connectivity index (χ4v) is 4.82. The van der Waals surface area contributed by atoms with E-state index in [4.69, 9.17) is 5.11 Å². The van der Waals surface area contributed by atoms with Crippen LogP contribution < -0.4 is 10.0 Å². The molecule has 184 valence electrons. The summed E-state index contributed by atoms with van der Waals surface area (Å²) in [6, 6.07) is 15.4. The largest absolute Gasteiger partial charge is 0.396 e. The monoisotopic (exact) mass is 487 g/mol. The third-order valence-electron chi connectivity index (χ3n) is 5.76. The minimum Gasteiger partial charge on any atom is -0.396 e. The highest BCUT2D eigenvalue weighted by molar-refractivity contribution is 7.89. The molecule has 0 spiro atoms. The lowest BCUT2D eigenvalue weighted by atomic mass is 10.1. The van der Waals surface area contributed by atoms with Crippen molar-refractivity contribution >= 4 is 21.8 Å². The minimum atomic E-state index is -3.51. The van der Waals surface area contributed by atoms with E-state index in [9.17, 15) is 18.0 Å². The molecule has 1 fully saturated rings. The summed E-state index contributed by atoms with van der Waals surface area (Å²) in [6.45, 7) is 2.33. The molecule has 3 rings (SSSR count). The van der Waals surface area contributed by atoms with Crippen LogP contribution in [0.1, 0.15) is 43.7 Å². The van der Waals surface area contributed by atoms with Crippen molar-refractivity contribution in [3.63, 3.8) is 0 Å². The van der Waals surface area contributed by atoms with Crippen LogP contribution in [0.2, 0.25) is 0 Å². The molecule has 2 aromatic rings. The second-order valence-corrected chi connectivity index (χ2v) is 10.3. The van der Waals surface area contributed by atoms with E-state index in [1.165, 1.54) is 0 Å². The van der Waals surface area contributed by atoms with Gasteiger partial charge in [0.05, 0.1) is 4.90 Å². The predicted molar refractivity (Wildman–Crippen MR) is 129 cm³/mol. The number of nitrogens with zero attached hydrogens (tertiary/aromatic N) is 1. The van der Waals surface area contributed by atoms with Gasteiger partial charge >= 0.3 is 0 Å². The number of aliphatic hydroxyl groups is 1. The lowest BCUT2D eigenvalue weighted by Crippen LogP contribution is -2.47. The molecule has 0 heterocycles. The Morgan fingerprint density at radius 3 is 2.35 bits per heavy atom. The summed E-state index contributed by atoms with van der Waals surface area (Å²) in [7, 11) is -3.51. The molecule has 1 saturated carbocycles. The number of sulfonamides is 1. The normalized spacial score (nSPS) is 14.4. The van der Waals surface area contributed by atoms with Crippen molar-refractivity contribution in [2.24, 2.45) is 0 Å². The number of benzene rings is 2. The fourth-order valence-electron chi connectivity index (χ4n) is 3.52. The molecule has 34 heavy (non-hydrogen) atoms. The summed E-state index contributed by atoms with van der Waals surface area (Å²) in [5.41, 5.74) is 1.77. The van der Waals surface area contributed by atoms with Crippen molar-refractivity contribution in [2.45, 2.75) is 62.6 Å². The average Bonchev–Trinajstić information content (AvgIpc) is 3.65. The van der Waals surface area contributed by atoms with E-state index in [1.807, 2.05) is 30.3 Å². The molecule has 8 nitrogen and oxygen atoms in total. The molecule has 1 aliphatic rings. The van der Waals surface area contributed by atoms with E-state index in [-0.39, 0.29) is 35.8 Å². The summed E-state index contributed by atoms with van der Waals surface area (Å²) in [6.07, 6.45) is 2.81. The van der Waals surface area contributed by atoms with Gasteiger partial charge in [0.2, 0.25) is 21.8 Å². The highest BCUT2D eigenvalue weighted by atomic mass is 32.2. The number of nitrogens with one attached hydrogen (secondary N) is 2. The lowest BCUT2D eigenvalue weighted by Gasteiger charge is -2.29. The lowest BCUT2D eigenvalue weighted by molar-refractivity contribution is -0.140. The molecular formula is C25H33N3O5S. The topological polar surface area (TPSA) is 116 Å². The zero-order valence-electron chi connectivity index (χ0n) is 19.4. The molecule has 0 unspecified atom stereocenters. The molecule has 2 amide bonds. The summed E-state index contributed by atoms with van der Waals surface area (Å²) >= 11 is 0. The first kappa shape index (κ1) is 25.9. The highest BCUT2D eigenvalue weighted by Crippen LogP contribution is 2.22. The third kappa shape index (κ3) is 7.65. The second kappa shape index (κ2) is 12.1. The minimum absolute atomic E-state index is 0.0158. The smallest absolute Gasteiger partial charge is 0.242 e. The van der Waals surface area contributed by atoms with Gasteiger partial charge in [0.15, 0.2) is 0 Å². The molecule has 0 radical (unpaired) electrons. The van der Waals surface area contributed by atoms with Crippen molar-refractivity contribution in [3.8, 4) is 0 Å². The van der Waals surface area contributed by atoms with E-state index >= 15 is 0 Å². The molecule has 3 N–H and O–H groups in total. The van der Waals surface area contributed by atoms with Crippen molar-refractivity contribution < 1.29 is 23.1 Å². The molecule has 0 bridgehead atoms. The first-order valence-electron chi connectivity index (χ1n) is 11.6. The molecule has 0 aliphatic heterocycles. The molecule has 1 atom stereocenters. The standard InChI is InChI=1S/C25H33N3O5S/c1-19(25(31)26-16-5-17-29)28(18-21-6-3-2-4-7-21)24(30)15-10-20-8-13-23(14-9-20)34(32,33)27-22-11-12-22/h2-4,6-9,13-14,19,22,27,29H,5,10-12,15-18H2,1H3,(H,26,31)/t19-/m1/s1. The summed E-state index contributed by atoms with van der Waals surface area (Å²) in [5.74, 6) is -0.434. The fraction of sp³-hybridized carbons (Fsp3) is 0.440. The molecule has 0 saturated heterocycles.